The third kappa shape index (κ3) is 3.97. The first kappa shape index (κ1) is 21.3. The van der Waals surface area contributed by atoms with Crippen molar-refractivity contribution in [3.05, 3.63) is 113 Å². The molecule has 34 heavy (non-hydrogen) atoms. The summed E-state index contributed by atoms with van der Waals surface area (Å²) in [6, 6.07) is 22.1. The predicted octanol–water partition coefficient (Wildman–Crippen LogP) is 3.54. The van der Waals surface area contributed by atoms with Gasteiger partial charge in [-0.3, -0.25) is 4.79 Å². The number of methoxy groups -OCH3 is 1. The van der Waals surface area contributed by atoms with Crippen molar-refractivity contribution in [3.8, 4) is 5.75 Å². The van der Waals surface area contributed by atoms with Gasteiger partial charge in [0, 0.05) is 16.9 Å². The summed E-state index contributed by atoms with van der Waals surface area (Å²) in [5.41, 5.74) is 9.50. The number of nitrogens with one attached hydrogen (secondary N) is 1. The molecule has 1 aromatic heterocycles. The number of furan rings is 1. The van der Waals surface area contributed by atoms with Crippen LogP contribution in [0.15, 0.2) is 94.5 Å². The SMILES string of the molecule is COc1ccc(C2N=c3occc3=C(N)N2c2ccc(NC(=O)c3cccc(F)c3)cc2)cc1. The van der Waals surface area contributed by atoms with Gasteiger partial charge in [-0.05, 0) is 66.2 Å². The van der Waals surface area contributed by atoms with E-state index in [0.717, 1.165) is 17.0 Å². The number of benzene rings is 3. The Morgan fingerprint density at radius 3 is 2.56 bits per heavy atom. The van der Waals surface area contributed by atoms with E-state index in [-0.39, 0.29) is 5.56 Å². The highest BCUT2D eigenvalue weighted by Gasteiger charge is 2.27. The zero-order valence-corrected chi connectivity index (χ0v) is 18.2. The number of anilines is 2. The molecule has 0 radical (unpaired) electrons. The summed E-state index contributed by atoms with van der Waals surface area (Å²) in [5.74, 6) is 0.368. The molecule has 0 aliphatic carbocycles. The van der Waals surface area contributed by atoms with Crippen LogP contribution in [0.3, 0.4) is 0 Å². The number of ether oxygens (including phenoxy) is 1. The van der Waals surface area contributed by atoms with Crippen LogP contribution in [0.25, 0.3) is 5.82 Å². The number of fused-ring (bicyclic) bond motifs is 1. The van der Waals surface area contributed by atoms with Crippen LogP contribution in [0.1, 0.15) is 22.1 Å². The Morgan fingerprint density at radius 2 is 1.85 bits per heavy atom. The third-order valence-electron chi connectivity index (χ3n) is 5.57. The Labute approximate surface area is 194 Å². The molecule has 0 bridgehead atoms. The molecular weight excluding hydrogens is 435 g/mol. The second-order valence-electron chi connectivity index (χ2n) is 7.68. The summed E-state index contributed by atoms with van der Waals surface area (Å²) in [7, 11) is 1.61. The van der Waals surface area contributed by atoms with Crippen LogP contribution in [0.2, 0.25) is 0 Å². The van der Waals surface area contributed by atoms with Gasteiger partial charge in [-0.25, -0.2) is 9.38 Å². The van der Waals surface area contributed by atoms with Gasteiger partial charge in [-0.2, -0.15) is 0 Å². The average molecular weight is 456 g/mol. The minimum absolute atomic E-state index is 0.239. The zero-order chi connectivity index (χ0) is 23.7. The van der Waals surface area contributed by atoms with E-state index in [9.17, 15) is 9.18 Å². The normalized spacial score (nSPS) is 14.8. The van der Waals surface area contributed by atoms with Gasteiger partial charge in [0.25, 0.3) is 5.91 Å². The quantitative estimate of drug-likeness (QED) is 0.479. The smallest absolute Gasteiger partial charge is 0.255 e. The van der Waals surface area contributed by atoms with Crippen molar-refractivity contribution in [1.29, 1.82) is 0 Å². The summed E-state index contributed by atoms with van der Waals surface area (Å²) < 4.78 is 24.2. The van der Waals surface area contributed by atoms with Crippen molar-refractivity contribution in [1.82, 2.24) is 0 Å². The maximum atomic E-state index is 13.4. The standard InChI is InChI=1S/C26H21FN4O3/c1-33-21-11-5-16(6-12-21)24-30-26-22(13-14-34-26)23(28)31(24)20-9-7-19(8-10-20)29-25(32)17-3-2-4-18(27)15-17/h2-15,24H,28H2,1H3,(H,29,32). The average Bonchev–Trinajstić information content (AvgIpc) is 3.34. The van der Waals surface area contributed by atoms with Crippen molar-refractivity contribution in [2.75, 3.05) is 17.3 Å². The van der Waals surface area contributed by atoms with Gasteiger partial charge in [-0.1, -0.05) is 18.2 Å². The monoisotopic (exact) mass is 456 g/mol. The molecule has 1 unspecified atom stereocenters. The van der Waals surface area contributed by atoms with Crippen LogP contribution in [0.4, 0.5) is 15.8 Å². The highest BCUT2D eigenvalue weighted by atomic mass is 19.1. The van der Waals surface area contributed by atoms with Gasteiger partial charge in [0.15, 0.2) is 6.17 Å². The molecule has 1 atom stereocenters. The van der Waals surface area contributed by atoms with Gasteiger partial charge >= 0.3 is 0 Å². The number of rotatable bonds is 5. The summed E-state index contributed by atoms with van der Waals surface area (Å²) in [4.78, 5) is 19.1. The Bertz CT molecular complexity index is 1460. The third-order valence-corrected chi connectivity index (χ3v) is 5.57. The number of carbonyl (C=O) groups excluding carboxylic acids is 1. The van der Waals surface area contributed by atoms with Crippen LogP contribution in [0, 0.1) is 5.82 Å². The number of nitrogens with zero attached hydrogens (tertiary/aromatic N) is 2. The van der Waals surface area contributed by atoms with E-state index in [2.05, 4.69) is 5.32 Å². The molecule has 2 heterocycles. The van der Waals surface area contributed by atoms with E-state index >= 15 is 0 Å². The largest absolute Gasteiger partial charge is 0.497 e. The topological polar surface area (TPSA) is 93.1 Å². The van der Waals surface area contributed by atoms with Gasteiger partial charge in [-0.15, -0.1) is 0 Å². The van der Waals surface area contributed by atoms with E-state index < -0.39 is 17.9 Å². The Morgan fingerprint density at radius 1 is 1.09 bits per heavy atom. The summed E-state index contributed by atoms with van der Waals surface area (Å²) in [5, 5.41) is 3.48. The molecule has 0 saturated carbocycles. The van der Waals surface area contributed by atoms with Crippen molar-refractivity contribution >= 4 is 23.1 Å². The second-order valence-corrected chi connectivity index (χ2v) is 7.68. The first-order chi connectivity index (χ1) is 16.5. The fourth-order valence-corrected chi connectivity index (χ4v) is 3.84. The van der Waals surface area contributed by atoms with Crippen molar-refractivity contribution in [2.24, 2.45) is 10.7 Å². The molecule has 3 N–H and O–H groups in total. The van der Waals surface area contributed by atoms with Gasteiger partial charge in [0.1, 0.15) is 17.4 Å². The van der Waals surface area contributed by atoms with E-state index in [4.69, 9.17) is 19.9 Å². The zero-order valence-electron chi connectivity index (χ0n) is 18.2. The van der Waals surface area contributed by atoms with Crippen LogP contribution < -0.4 is 31.5 Å². The molecule has 8 heteroatoms. The lowest BCUT2D eigenvalue weighted by molar-refractivity contribution is 0.102. The van der Waals surface area contributed by atoms with E-state index in [1.54, 1.807) is 37.6 Å². The summed E-state index contributed by atoms with van der Waals surface area (Å²) >= 11 is 0. The van der Waals surface area contributed by atoms with Gasteiger partial charge in [0.2, 0.25) is 5.55 Å². The molecular formula is C26H21FN4O3. The number of carbonyl (C=O) groups is 1. The first-order valence-corrected chi connectivity index (χ1v) is 10.5. The molecule has 4 aromatic rings. The minimum atomic E-state index is -0.467. The lowest BCUT2D eigenvalue weighted by Gasteiger charge is -2.33. The Balaban J connectivity index is 1.47. The van der Waals surface area contributed by atoms with Gasteiger partial charge in [0.05, 0.1) is 18.6 Å². The molecule has 0 spiro atoms. The number of nitrogens with two attached hydrogens (primary N) is 1. The lowest BCUT2D eigenvalue weighted by Crippen LogP contribution is -2.43. The Hall–Kier alpha value is -4.59. The van der Waals surface area contributed by atoms with Crippen LogP contribution in [0.5, 0.6) is 5.75 Å². The van der Waals surface area contributed by atoms with E-state index in [0.29, 0.717) is 22.3 Å². The van der Waals surface area contributed by atoms with Crippen molar-refractivity contribution in [3.63, 3.8) is 0 Å². The molecule has 1 aliphatic rings. The van der Waals surface area contributed by atoms with Crippen molar-refractivity contribution < 1.29 is 18.3 Å². The summed E-state index contributed by atoms with van der Waals surface area (Å²) in [6.45, 7) is 0. The predicted molar refractivity (Wildman–Crippen MR) is 126 cm³/mol. The fourth-order valence-electron chi connectivity index (χ4n) is 3.84. The van der Waals surface area contributed by atoms with Crippen LogP contribution >= 0.6 is 0 Å². The molecule has 0 fully saturated rings. The van der Waals surface area contributed by atoms with Crippen LogP contribution in [-0.2, 0) is 0 Å². The van der Waals surface area contributed by atoms with E-state index in [1.807, 2.05) is 41.3 Å². The molecule has 3 aromatic carbocycles. The van der Waals surface area contributed by atoms with Crippen LogP contribution in [-0.4, -0.2) is 13.0 Å². The highest BCUT2D eigenvalue weighted by molar-refractivity contribution is 6.04. The molecule has 1 aliphatic heterocycles. The number of halogens is 1. The lowest BCUT2D eigenvalue weighted by atomic mass is 10.1. The molecule has 170 valence electrons. The maximum Gasteiger partial charge on any atom is 0.255 e. The number of hydrogen-bond donors (Lipinski definition) is 2. The molecule has 5 rings (SSSR count). The number of amides is 1. The highest BCUT2D eigenvalue weighted by Crippen LogP contribution is 2.33. The van der Waals surface area contributed by atoms with E-state index in [1.165, 1.54) is 18.2 Å². The molecule has 1 amide bonds. The molecule has 7 nitrogen and oxygen atoms in total. The molecule has 0 saturated heterocycles. The summed E-state index contributed by atoms with van der Waals surface area (Å²) in [6.07, 6.45) is 1.10. The minimum Gasteiger partial charge on any atom is -0.497 e. The van der Waals surface area contributed by atoms with Crippen molar-refractivity contribution in [2.45, 2.75) is 6.17 Å². The number of hydrogen-bond acceptors (Lipinski definition) is 6. The first-order valence-electron chi connectivity index (χ1n) is 10.5. The fraction of sp³-hybridized carbons (Fsp3) is 0.0769. The maximum absolute atomic E-state index is 13.4. The second kappa shape index (κ2) is 8.74. The Kier molecular flexibility index (Phi) is 5.47. The van der Waals surface area contributed by atoms with Gasteiger partial charge < -0.3 is 25.1 Å².